The highest BCUT2D eigenvalue weighted by Crippen LogP contribution is 2.22. The lowest BCUT2D eigenvalue weighted by molar-refractivity contribution is 0.0938. The highest BCUT2D eigenvalue weighted by Gasteiger charge is 2.22. The van der Waals surface area contributed by atoms with Gasteiger partial charge in [-0.1, -0.05) is 18.7 Å². The van der Waals surface area contributed by atoms with Crippen molar-refractivity contribution in [3.8, 4) is 0 Å². The minimum atomic E-state index is -0.0372. The number of thioether (sulfide) groups is 1. The van der Waals surface area contributed by atoms with Crippen LogP contribution in [0, 0.1) is 0 Å². The summed E-state index contributed by atoms with van der Waals surface area (Å²) < 4.78 is 7.79. The molecule has 2 rings (SSSR count). The van der Waals surface area contributed by atoms with Crippen LogP contribution in [0.3, 0.4) is 0 Å². The van der Waals surface area contributed by atoms with E-state index in [2.05, 4.69) is 21.7 Å². The van der Waals surface area contributed by atoms with E-state index in [1.54, 1.807) is 11.8 Å². The number of hydrogen-bond donors (Lipinski definition) is 1. The Morgan fingerprint density at radius 3 is 3.00 bits per heavy atom. The quantitative estimate of drug-likeness (QED) is 0.810. The first kappa shape index (κ1) is 12.9. The monoisotopic (exact) mass is 256 g/mol. The molecule has 2 N–H and O–H groups in total. The van der Waals surface area contributed by atoms with Gasteiger partial charge in [0.15, 0.2) is 11.0 Å². The van der Waals surface area contributed by atoms with Crippen LogP contribution >= 0.6 is 11.8 Å². The summed E-state index contributed by atoms with van der Waals surface area (Å²) in [6.45, 7) is 3.76. The van der Waals surface area contributed by atoms with Gasteiger partial charge in [-0.15, -0.1) is 10.2 Å². The average molecular weight is 256 g/mol. The largest absolute Gasteiger partial charge is 0.376 e. The Balaban J connectivity index is 2.18. The Morgan fingerprint density at radius 1 is 1.59 bits per heavy atom. The Labute approximate surface area is 106 Å². The maximum Gasteiger partial charge on any atom is 0.191 e. The van der Waals surface area contributed by atoms with Gasteiger partial charge in [-0.2, -0.15) is 0 Å². The number of hydrogen-bond acceptors (Lipinski definition) is 5. The second kappa shape index (κ2) is 5.84. The van der Waals surface area contributed by atoms with Crippen molar-refractivity contribution in [2.24, 2.45) is 5.73 Å². The van der Waals surface area contributed by atoms with Crippen molar-refractivity contribution in [1.82, 2.24) is 14.8 Å². The number of nitrogens with zero attached hydrogens (tertiary/aromatic N) is 3. The molecule has 1 aliphatic rings. The van der Waals surface area contributed by atoms with Gasteiger partial charge in [-0.05, 0) is 25.5 Å². The molecule has 0 saturated carbocycles. The minimum absolute atomic E-state index is 0.0372. The van der Waals surface area contributed by atoms with Crippen molar-refractivity contribution in [1.29, 1.82) is 0 Å². The molecule has 1 aliphatic heterocycles. The van der Waals surface area contributed by atoms with Crippen LogP contribution in [-0.4, -0.2) is 33.7 Å². The van der Waals surface area contributed by atoms with Gasteiger partial charge in [0.05, 0.1) is 18.7 Å². The lowest BCUT2D eigenvalue weighted by Gasteiger charge is -2.16. The minimum Gasteiger partial charge on any atom is -0.376 e. The Morgan fingerprint density at radius 2 is 2.41 bits per heavy atom. The molecule has 1 saturated heterocycles. The van der Waals surface area contributed by atoms with Gasteiger partial charge in [0.25, 0.3) is 0 Å². The summed E-state index contributed by atoms with van der Waals surface area (Å²) in [6, 6.07) is -0.0372. The van der Waals surface area contributed by atoms with E-state index in [0.29, 0.717) is 6.10 Å². The summed E-state index contributed by atoms with van der Waals surface area (Å²) in [7, 11) is 0. The van der Waals surface area contributed by atoms with E-state index >= 15 is 0 Å². The molecule has 1 aromatic heterocycles. The van der Waals surface area contributed by atoms with E-state index in [-0.39, 0.29) is 6.04 Å². The molecule has 0 aromatic carbocycles. The molecule has 17 heavy (non-hydrogen) atoms. The molecule has 96 valence electrons. The zero-order valence-corrected chi connectivity index (χ0v) is 11.2. The van der Waals surface area contributed by atoms with Crippen LogP contribution in [-0.2, 0) is 11.3 Å². The van der Waals surface area contributed by atoms with Gasteiger partial charge in [0.1, 0.15) is 0 Å². The molecule has 0 aliphatic carbocycles. The number of nitrogens with two attached hydrogens (primary N) is 1. The van der Waals surface area contributed by atoms with Crippen molar-refractivity contribution in [2.45, 2.75) is 50.0 Å². The third-order valence-electron chi connectivity index (χ3n) is 3.11. The second-order valence-corrected chi connectivity index (χ2v) is 5.08. The molecule has 0 spiro atoms. The van der Waals surface area contributed by atoms with E-state index in [1.165, 1.54) is 0 Å². The molecule has 6 heteroatoms. The predicted octanol–water partition coefficient (Wildman–Crippen LogP) is 1.59. The maximum atomic E-state index is 6.06. The van der Waals surface area contributed by atoms with E-state index < -0.39 is 0 Å². The standard InChI is InChI=1S/C11H20N4OS/c1-3-9(12)10-13-14-11(17-2)15(10)7-8-5-4-6-16-8/h8-9H,3-7,12H2,1-2H3. The van der Waals surface area contributed by atoms with E-state index in [4.69, 9.17) is 10.5 Å². The van der Waals surface area contributed by atoms with Crippen molar-refractivity contribution < 1.29 is 4.74 Å². The summed E-state index contributed by atoms with van der Waals surface area (Å²) in [5, 5.41) is 9.33. The van der Waals surface area contributed by atoms with Crippen LogP contribution in [0.2, 0.25) is 0 Å². The summed E-state index contributed by atoms with van der Waals surface area (Å²) in [5.41, 5.74) is 6.06. The first-order valence-corrected chi connectivity index (χ1v) is 7.33. The first-order valence-electron chi connectivity index (χ1n) is 6.10. The molecule has 1 fully saturated rings. The molecule has 5 nitrogen and oxygen atoms in total. The first-order chi connectivity index (χ1) is 8.26. The molecule has 0 amide bonds. The highest BCUT2D eigenvalue weighted by molar-refractivity contribution is 7.98. The molecule has 2 atom stereocenters. The smallest absolute Gasteiger partial charge is 0.191 e. The van der Waals surface area contributed by atoms with Crippen LogP contribution in [0.15, 0.2) is 5.16 Å². The SMILES string of the molecule is CCC(N)c1nnc(SC)n1CC1CCCO1. The van der Waals surface area contributed by atoms with Gasteiger partial charge in [0, 0.05) is 6.61 Å². The molecular weight excluding hydrogens is 236 g/mol. The molecule has 1 aromatic rings. The van der Waals surface area contributed by atoms with E-state index in [0.717, 1.165) is 43.4 Å². The highest BCUT2D eigenvalue weighted by atomic mass is 32.2. The van der Waals surface area contributed by atoms with Gasteiger partial charge in [-0.3, -0.25) is 0 Å². The van der Waals surface area contributed by atoms with Crippen LogP contribution in [0.4, 0.5) is 0 Å². The van der Waals surface area contributed by atoms with Crippen LogP contribution in [0.25, 0.3) is 0 Å². The fraction of sp³-hybridized carbons (Fsp3) is 0.818. The van der Waals surface area contributed by atoms with Gasteiger partial charge < -0.3 is 15.0 Å². The number of aromatic nitrogens is 3. The van der Waals surface area contributed by atoms with Crippen LogP contribution in [0.1, 0.15) is 38.1 Å². The van der Waals surface area contributed by atoms with Crippen molar-refractivity contribution in [3.63, 3.8) is 0 Å². The van der Waals surface area contributed by atoms with E-state index in [9.17, 15) is 0 Å². The predicted molar refractivity (Wildman–Crippen MR) is 68.0 cm³/mol. The van der Waals surface area contributed by atoms with Gasteiger partial charge in [-0.25, -0.2) is 0 Å². The normalized spacial score (nSPS) is 21.9. The summed E-state index contributed by atoms with van der Waals surface area (Å²) in [5.74, 6) is 0.882. The van der Waals surface area contributed by atoms with Crippen molar-refractivity contribution in [3.05, 3.63) is 5.82 Å². The third kappa shape index (κ3) is 2.81. The van der Waals surface area contributed by atoms with Crippen LogP contribution < -0.4 is 5.73 Å². The topological polar surface area (TPSA) is 66.0 Å². The van der Waals surface area contributed by atoms with Crippen LogP contribution in [0.5, 0.6) is 0 Å². The van der Waals surface area contributed by atoms with Crippen molar-refractivity contribution in [2.75, 3.05) is 12.9 Å². The number of rotatable bonds is 5. The van der Waals surface area contributed by atoms with Gasteiger partial charge in [0.2, 0.25) is 0 Å². The summed E-state index contributed by atoms with van der Waals surface area (Å²) >= 11 is 1.61. The Kier molecular flexibility index (Phi) is 4.42. The zero-order chi connectivity index (χ0) is 12.3. The Bertz CT molecular complexity index is 362. The summed E-state index contributed by atoms with van der Waals surface area (Å²) in [4.78, 5) is 0. The Hall–Kier alpha value is -0.590. The molecule has 2 heterocycles. The maximum absolute atomic E-state index is 6.06. The fourth-order valence-electron chi connectivity index (χ4n) is 2.07. The molecule has 2 unspecified atom stereocenters. The van der Waals surface area contributed by atoms with Crippen molar-refractivity contribution >= 4 is 11.8 Å². The number of ether oxygens (including phenoxy) is 1. The fourth-order valence-corrected chi connectivity index (χ4v) is 2.58. The molecule has 0 bridgehead atoms. The molecular formula is C11H20N4OS. The zero-order valence-electron chi connectivity index (χ0n) is 10.4. The average Bonchev–Trinajstić information content (AvgIpc) is 2.98. The van der Waals surface area contributed by atoms with E-state index in [1.807, 2.05) is 6.26 Å². The molecule has 0 radical (unpaired) electrons. The summed E-state index contributed by atoms with van der Waals surface area (Å²) in [6.07, 6.45) is 5.44. The van der Waals surface area contributed by atoms with Gasteiger partial charge >= 0.3 is 0 Å². The lowest BCUT2D eigenvalue weighted by atomic mass is 10.2. The second-order valence-electron chi connectivity index (χ2n) is 4.31. The third-order valence-corrected chi connectivity index (χ3v) is 3.78. The lowest BCUT2D eigenvalue weighted by Crippen LogP contribution is -2.22.